The highest BCUT2D eigenvalue weighted by molar-refractivity contribution is 9.10. The Hall–Kier alpha value is -3.51. The van der Waals surface area contributed by atoms with Crippen LogP contribution in [0.25, 0.3) is 16.8 Å². The first kappa shape index (κ1) is 20.1. The molecule has 1 aromatic heterocycles. The summed E-state index contributed by atoms with van der Waals surface area (Å²) in [7, 11) is 0. The van der Waals surface area contributed by atoms with Gasteiger partial charge in [0.05, 0.1) is 5.57 Å². The van der Waals surface area contributed by atoms with Crippen molar-refractivity contribution in [3.05, 3.63) is 136 Å². The maximum absolute atomic E-state index is 16.5. The molecule has 3 heterocycles. The molecule has 0 aliphatic carbocycles. The number of hydrogen-bond acceptors (Lipinski definition) is 0. The number of rotatable bonds is 3. The van der Waals surface area contributed by atoms with Crippen LogP contribution >= 0.6 is 15.9 Å². The van der Waals surface area contributed by atoms with E-state index in [1.807, 2.05) is 97.1 Å². The van der Waals surface area contributed by atoms with Gasteiger partial charge in [0.15, 0.2) is 11.4 Å². The van der Waals surface area contributed by atoms with Gasteiger partial charge in [-0.1, -0.05) is 76.6 Å². The van der Waals surface area contributed by atoms with Gasteiger partial charge in [-0.05, 0) is 47.5 Å². The minimum atomic E-state index is -4.14. The summed E-state index contributed by atoms with van der Waals surface area (Å²) in [5, 5.41) is 0. The fourth-order valence-electron chi connectivity index (χ4n) is 4.82. The summed E-state index contributed by atoms with van der Waals surface area (Å²) < 4.78 is 36.3. The Labute approximate surface area is 199 Å². The molecule has 0 atom stereocenters. The second-order valence-corrected chi connectivity index (χ2v) is 9.07. The second kappa shape index (κ2) is 7.53. The van der Waals surface area contributed by atoms with Gasteiger partial charge >= 0.3 is 6.97 Å². The number of allylic oxidation sites excluding steroid dienone is 2. The Kier molecular flexibility index (Phi) is 4.59. The molecular weight excluding hydrogens is 481 g/mol. The minimum absolute atomic E-state index is 0.503. The van der Waals surface area contributed by atoms with E-state index in [4.69, 9.17) is 0 Å². The van der Waals surface area contributed by atoms with E-state index in [9.17, 15) is 0 Å². The molecule has 0 spiro atoms. The predicted octanol–water partition coefficient (Wildman–Crippen LogP) is 6.98. The summed E-state index contributed by atoms with van der Waals surface area (Å²) in [5.41, 5.74) is 5.25. The third kappa shape index (κ3) is 3.09. The first-order valence-electron chi connectivity index (χ1n) is 10.8. The Balaban J connectivity index is 1.70. The highest BCUT2D eigenvalue weighted by Gasteiger charge is 2.54. The van der Waals surface area contributed by atoms with E-state index in [0.717, 1.165) is 26.7 Å². The molecule has 33 heavy (non-hydrogen) atoms. The van der Waals surface area contributed by atoms with Crippen molar-refractivity contribution in [2.75, 3.05) is 0 Å². The lowest BCUT2D eigenvalue weighted by molar-refractivity contribution is -0.360. The summed E-state index contributed by atoms with van der Waals surface area (Å²) in [5.74, 6) is 0. The van der Waals surface area contributed by atoms with Gasteiger partial charge in [0, 0.05) is 33.6 Å². The largest absolute Gasteiger partial charge is 0.737 e. The fourth-order valence-corrected chi connectivity index (χ4v) is 5.09. The van der Waals surface area contributed by atoms with Crippen molar-refractivity contribution in [2.45, 2.75) is 0 Å². The molecule has 0 bridgehead atoms. The molecule has 0 N–H and O–H groups in total. The average molecular weight is 499 g/mol. The molecule has 0 saturated carbocycles. The number of hydrogen-bond donors (Lipinski definition) is 0. The summed E-state index contributed by atoms with van der Waals surface area (Å²) in [4.78, 5) is 0. The van der Waals surface area contributed by atoms with E-state index < -0.39 is 6.97 Å². The van der Waals surface area contributed by atoms with Gasteiger partial charge in [0.2, 0.25) is 0 Å². The van der Waals surface area contributed by atoms with Crippen molar-refractivity contribution >= 4 is 34.2 Å². The molecule has 0 fully saturated rings. The van der Waals surface area contributed by atoms with Crippen LogP contribution in [0.4, 0.5) is 8.63 Å². The SMILES string of the molecule is F[B-]1(F)n2c(ccc2-c2ccccc2)C(c2ccc(Br)cc2)=C2C=CC(c3ccccc3)=[N+]21. The van der Waals surface area contributed by atoms with Gasteiger partial charge < -0.3 is 17.6 Å². The van der Waals surface area contributed by atoms with Crippen molar-refractivity contribution < 1.29 is 13.1 Å². The van der Waals surface area contributed by atoms with Crippen molar-refractivity contribution in [3.63, 3.8) is 0 Å². The zero-order valence-electron chi connectivity index (χ0n) is 17.5. The Bertz CT molecular complexity index is 1470. The average Bonchev–Trinajstić information content (AvgIpc) is 3.48. The first-order chi connectivity index (χ1) is 16.1. The van der Waals surface area contributed by atoms with Gasteiger partial charge in [-0.25, -0.2) is 0 Å². The van der Waals surface area contributed by atoms with Crippen LogP contribution in [0.5, 0.6) is 0 Å². The maximum atomic E-state index is 16.5. The molecule has 0 radical (unpaired) electrons. The summed E-state index contributed by atoms with van der Waals surface area (Å²) in [6.45, 7) is -4.14. The molecule has 6 heteroatoms. The Morgan fingerprint density at radius 2 is 1.24 bits per heavy atom. The minimum Gasteiger partial charge on any atom is -0.389 e. The molecule has 2 aliphatic heterocycles. The number of nitrogens with zero attached hydrogens (tertiary/aromatic N) is 2. The van der Waals surface area contributed by atoms with Gasteiger partial charge in [-0.2, -0.15) is 0 Å². The molecular formula is C27H18BBrF2N2. The predicted molar refractivity (Wildman–Crippen MR) is 133 cm³/mol. The molecule has 2 nitrogen and oxygen atoms in total. The van der Waals surface area contributed by atoms with E-state index >= 15 is 8.63 Å². The van der Waals surface area contributed by atoms with Crippen LogP contribution in [0.15, 0.2) is 119 Å². The third-order valence-electron chi connectivity index (χ3n) is 6.24. The third-order valence-corrected chi connectivity index (χ3v) is 6.77. The van der Waals surface area contributed by atoms with Crippen LogP contribution < -0.4 is 0 Å². The molecule has 160 valence electrons. The van der Waals surface area contributed by atoms with Gasteiger partial charge in [0.1, 0.15) is 0 Å². The summed E-state index contributed by atoms with van der Waals surface area (Å²) in [6, 6.07) is 30.2. The van der Waals surface area contributed by atoms with Gasteiger partial charge in [0.25, 0.3) is 0 Å². The lowest BCUT2D eigenvalue weighted by Crippen LogP contribution is -2.51. The summed E-state index contributed by atoms with van der Waals surface area (Å²) >= 11 is 3.48. The summed E-state index contributed by atoms with van der Waals surface area (Å²) in [6.07, 6.45) is 3.61. The fraction of sp³-hybridized carbons (Fsp3) is 0. The maximum Gasteiger partial charge on any atom is 0.737 e. The number of aromatic nitrogens is 1. The van der Waals surface area contributed by atoms with Crippen LogP contribution in [-0.2, 0) is 0 Å². The topological polar surface area (TPSA) is 7.94 Å². The first-order valence-corrected chi connectivity index (χ1v) is 11.5. The van der Waals surface area contributed by atoms with E-state index in [1.165, 1.54) is 8.96 Å². The molecule has 0 amide bonds. The molecule has 2 aliphatic rings. The zero-order chi connectivity index (χ0) is 22.6. The smallest absolute Gasteiger partial charge is 0.389 e. The highest BCUT2D eigenvalue weighted by Crippen LogP contribution is 2.43. The van der Waals surface area contributed by atoms with E-state index in [1.54, 1.807) is 12.1 Å². The molecule has 0 saturated heterocycles. The van der Waals surface area contributed by atoms with E-state index in [-0.39, 0.29) is 0 Å². The Morgan fingerprint density at radius 3 is 1.91 bits per heavy atom. The van der Waals surface area contributed by atoms with E-state index in [0.29, 0.717) is 22.8 Å². The van der Waals surface area contributed by atoms with Crippen LogP contribution in [-0.4, -0.2) is 21.6 Å². The molecule has 6 rings (SSSR count). The van der Waals surface area contributed by atoms with E-state index in [2.05, 4.69) is 15.9 Å². The standard InChI is InChI=1S/C27H18BBrF2N2/c29-22-13-11-21(12-14-22)27-25-17-15-23(19-7-3-1-4-8-19)32(25)28(30,31)33-24(16-18-26(27)33)20-9-5-2-6-10-20/h1-18H. The van der Waals surface area contributed by atoms with Gasteiger partial charge in [-0.3, -0.25) is 0 Å². The quantitative estimate of drug-likeness (QED) is 0.269. The van der Waals surface area contributed by atoms with Crippen molar-refractivity contribution in [3.8, 4) is 11.3 Å². The van der Waals surface area contributed by atoms with Crippen LogP contribution in [0.2, 0.25) is 0 Å². The van der Waals surface area contributed by atoms with Crippen molar-refractivity contribution in [2.24, 2.45) is 0 Å². The lowest BCUT2D eigenvalue weighted by Gasteiger charge is -2.33. The normalized spacial score (nSPS) is 16.2. The van der Waals surface area contributed by atoms with Crippen molar-refractivity contribution in [1.82, 2.24) is 4.48 Å². The highest BCUT2D eigenvalue weighted by atomic mass is 79.9. The number of fused-ring (bicyclic) bond motifs is 2. The number of halogens is 3. The molecule has 0 unspecified atom stereocenters. The Morgan fingerprint density at radius 1 is 0.636 bits per heavy atom. The van der Waals surface area contributed by atoms with Crippen molar-refractivity contribution in [1.29, 1.82) is 0 Å². The second-order valence-electron chi connectivity index (χ2n) is 8.15. The van der Waals surface area contributed by atoms with Crippen LogP contribution in [0.1, 0.15) is 16.8 Å². The van der Waals surface area contributed by atoms with Gasteiger partial charge in [-0.15, -0.1) is 0 Å². The van der Waals surface area contributed by atoms with Crippen LogP contribution in [0, 0.1) is 0 Å². The van der Waals surface area contributed by atoms with Crippen LogP contribution in [0.3, 0.4) is 0 Å². The molecule has 3 aromatic carbocycles. The zero-order valence-corrected chi connectivity index (χ0v) is 19.1. The lowest BCUT2D eigenvalue weighted by atomic mass is 9.85. The molecule has 4 aromatic rings. The monoisotopic (exact) mass is 498 g/mol. The number of benzene rings is 3.